The Balaban J connectivity index is 1.84. The molecular formula is C25H29N3O3. The van der Waals surface area contributed by atoms with Crippen LogP contribution in [0, 0.1) is 13.8 Å². The number of phenolic OH excluding ortho intramolecular Hbond substituents is 1. The summed E-state index contributed by atoms with van der Waals surface area (Å²) >= 11 is 0. The van der Waals surface area contributed by atoms with Gasteiger partial charge in [-0.15, -0.1) is 0 Å². The van der Waals surface area contributed by atoms with Crippen LogP contribution in [0.25, 0.3) is 11.3 Å². The molecule has 3 aromatic rings. The van der Waals surface area contributed by atoms with Gasteiger partial charge in [-0.3, -0.25) is 9.89 Å². The molecule has 6 heteroatoms. The number of aromatic nitrogens is 2. The Bertz CT molecular complexity index is 1080. The molecule has 0 bridgehead atoms. The smallest absolute Gasteiger partial charge is 0.273 e. The highest BCUT2D eigenvalue weighted by atomic mass is 16.5. The van der Waals surface area contributed by atoms with Crippen LogP contribution in [-0.4, -0.2) is 39.3 Å². The van der Waals surface area contributed by atoms with Crippen molar-refractivity contribution in [2.24, 2.45) is 0 Å². The maximum atomic E-state index is 13.2. The number of H-pyrrole nitrogens is 1. The molecule has 1 atom stereocenters. The highest BCUT2D eigenvalue weighted by molar-refractivity contribution is 6.00. The average Bonchev–Trinajstić information content (AvgIpc) is 3.26. The van der Waals surface area contributed by atoms with Gasteiger partial charge in [0.05, 0.1) is 12.6 Å². The number of nitrogens with one attached hydrogen (secondary N) is 1. The van der Waals surface area contributed by atoms with Gasteiger partial charge < -0.3 is 14.7 Å². The number of carbonyl (C=O) groups excluding carboxylic acids is 1. The van der Waals surface area contributed by atoms with E-state index in [9.17, 15) is 9.90 Å². The van der Waals surface area contributed by atoms with Crippen molar-refractivity contribution in [1.82, 2.24) is 15.1 Å². The van der Waals surface area contributed by atoms with E-state index in [1.54, 1.807) is 6.07 Å². The summed E-state index contributed by atoms with van der Waals surface area (Å²) in [6, 6.07) is 11.4. The second kappa shape index (κ2) is 8.46. The average molecular weight is 420 g/mol. The van der Waals surface area contributed by atoms with Gasteiger partial charge in [-0.25, -0.2) is 0 Å². The number of ether oxygens (including phenoxy) is 1. The molecule has 1 unspecified atom stereocenters. The van der Waals surface area contributed by atoms with E-state index in [0.29, 0.717) is 30.1 Å². The van der Waals surface area contributed by atoms with Crippen molar-refractivity contribution in [3.8, 4) is 22.8 Å². The molecule has 0 saturated heterocycles. The number of phenols is 1. The lowest BCUT2D eigenvalue weighted by molar-refractivity contribution is 0.0744. The summed E-state index contributed by atoms with van der Waals surface area (Å²) < 4.78 is 5.73. The number of benzene rings is 2. The van der Waals surface area contributed by atoms with Gasteiger partial charge in [0.15, 0.2) is 0 Å². The molecular weight excluding hydrogens is 390 g/mol. The lowest BCUT2D eigenvalue weighted by Crippen LogP contribution is -2.30. The van der Waals surface area contributed by atoms with Crippen LogP contribution in [-0.2, 0) is 0 Å². The first-order valence-electron chi connectivity index (χ1n) is 10.9. The highest BCUT2D eigenvalue weighted by Crippen LogP contribution is 2.45. The second-order valence-electron chi connectivity index (χ2n) is 8.16. The molecule has 4 rings (SSSR count). The number of hydrogen-bond acceptors (Lipinski definition) is 4. The SMILES string of the molecule is CCCOc1ccc(C2c3c(-c4c(C)cc(C)cc4O)n[nH]c3C(=O)N2CCC)cc1. The molecule has 0 spiro atoms. The van der Waals surface area contributed by atoms with E-state index in [1.165, 1.54) is 0 Å². The standard InChI is InChI=1S/C25H29N3O3/c1-5-11-28-24(17-7-9-18(10-8-17)31-12-6-2)21-22(26-27-23(21)25(28)30)20-16(4)13-15(3)14-19(20)29/h7-10,13-14,24,29H,5-6,11-12H2,1-4H3,(H,26,27). The Morgan fingerprint density at radius 1 is 1.13 bits per heavy atom. The molecule has 2 N–H and O–H groups in total. The molecule has 2 aromatic carbocycles. The van der Waals surface area contributed by atoms with E-state index >= 15 is 0 Å². The van der Waals surface area contributed by atoms with Crippen molar-refractivity contribution in [3.05, 3.63) is 64.3 Å². The molecule has 1 amide bonds. The number of hydrogen-bond donors (Lipinski definition) is 2. The van der Waals surface area contributed by atoms with Crippen molar-refractivity contribution < 1.29 is 14.6 Å². The van der Waals surface area contributed by atoms with Crippen LogP contribution in [0.2, 0.25) is 0 Å². The third-order valence-electron chi connectivity index (χ3n) is 5.69. The summed E-state index contributed by atoms with van der Waals surface area (Å²) in [6.45, 7) is 9.35. The maximum absolute atomic E-state index is 13.2. The van der Waals surface area contributed by atoms with Gasteiger partial charge in [0, 0.05) is 17.7 Å². The van der Waals surface area contributed by atoms with E-state index < -0.39 is 0 Å². The fraction of sp³-hybridized carbons (Fsp3) is 0.360. The maximum Gasteiger partial charge on any atom is 0.273 e. The number of nitrogens with zero attached hydrogens (tertiary/aromatic N) is 2. The monoisotopic (exact) mass is 419 g/mol. The number of aromatic amines is 1. The molecule has 0 radical (unpaired) electrons. The van der Waals surface area contributed by atoms with Gasteiger partial charge >= 0.3 is 0 Å². The molecule has 162 valence electrons. The lowest BCUT2D eigenvalue weighted by Gasteiger charge is -2.26. The Labute approximate surface area is 182 Å². The van der Waals surface area contributed by atoms with Gasteiger partial charge in [-0.2, -0.15) is 5.10 Å². The Kier molecular flexibility index (Phi) is 5.72. The topological polar surface area (TPSA) is 78.5 Å². The molecule has 6 nitrogen and oxygen atoms in total. The molecule has 0 fully saturated rings. The quantitative estimate of drug-likeness (QED) is 0.556. The van der Waals surface area contributed by atoms with Crippen molar-refractivity contribution in [3.63, 3.8) is 0 Å². The first-order chi connectivity index (χ1) is 15.0. The van der Waals surface area contributed by atoms with Crippen LogP contribution in [0.5, 0.6) is 11.5 Å². The third-order valence-corrected chi connectivity index (χ3v) is 5.69. The zero-order chi connectivity index (χ0) is 22.1. The van der Waals surface area contributed by atoms with Crippen molar-refractivity contribution in [1.29, 1.82) is 0 Å². The van der Waals surface area contributed by atoms with E-state index in [-0.39, 0.29) is 17.7 Å². The number of rotatable bonds is 7. The zero-order valence-electron chi connectivity index (χ0n) is 18.5. The minimum absolute atomic E-state index is 0.0591. The molecule has 1 aliphatic rings. The zero-order valence-corrected chi connectivity index (χ0v) is 18.5. The molecule has 31 heavy (non-hydrogen) atoms. The van der Waals surface area contributed by atoms with Crippen molar-refractivity contribution >= 4 is 5.91 Å². The van der Waals surface area contributed by atoms with Crippen LogP contribution < -0.4 is 4.74 Å². The summed E-state index contributed by atoms with van der Waals surface area (Å²) in [5, 5.41) is 18.2. The number of aryl methyl sites for hydroxylation is 2. The van der Waals surface area contributed by atoms with Gasteiger partial charge in [-0.1, -0.05) is 32.0 Å². The fourth-order valence-corrected chi connectivity index (χ4v) is 4.42. The van der Waals surface area contributed by atoms with E-state index in [1.807, 2.05) is 49.1 Å². The van der Waals surface area contributed by atoms with Gasteiger partial charge in [0.2, 0.25) is 0 Å². The minimum Gasteiger partial charge on any atom is -0.507 e. The van der Waals surface area contributed by atoms with Gasteiger partial charge in [0.25, 0.3) is 5.91 Å². The third kappa shape index (κ3) is 3.67. The summed E-state index contributed by atoms with van der Waals surface area (Å²) in [7, 11) is 0. The predicted molar refractivity (Wildman–Crippen MR) is 121 cm³/mol. The van der Waals surface area contributed by atoms with Crippen LogP contribution in [0.4, 0.5) is 0 Å². The Hall–Kier alpha value is -3.28. The van der Waals surface area contributed by atoms with Crippen LogP contribution in [0.1, 0.15) is 65.5 Å². The minimum atomic E-state index is -0.267. The first kappa shape index (κ1) is 21.0. The summed E-state index contributed by atoms with van der Waals surface area (Å²) in [4.78, 5) is 15.1. The summed E-state index contributed by atoms with van der Waals surface area (Å²) in [6.07, 6.45) is 1.80. The summed E-state index contributed by atoms with van der Waals surface area (Å²) in [5.74, 6) is 0.933. The number of amides is 1. The van der Waals surface area contributed by atoms with E-state index in [4.69, 9.17) is 4.74 Å². The number of carbonyl (C=O) groups is 1. The molecule has 1 aromatic heterocycles. The normalized spacial score (nSPS) is 15.4. The van der Waals surface area contributed by atoms with Crippen molar-refractivity contribution in [2.45, 2.75) is 46.6 Å². The van der Waals surface area contributed by atoms with Gasteiger partial charge in [0.1, 0.15) is 22.9 Å². The molecule has 0 saturated carbocycles. The largest absolute Gasteiger partial charge is 0.507 e. The summed E-state index contributed by atoms with van der Waals surface area (Å²) in [5.41, 5.74) is 5.53. The highest BCUT2D eigenvalue weighted by Gasteiger charge is 2.42. The van der Waals surface area contributed by atoms with Crippen LogP contribution in [0.3, 0.4) is 0 Å². The molecule has 2 heterocycles. The Morgan fingerprint density at radius 3 is 2.52 bits per heavy atom. The van der Waals surface area contributed by atoms with Gasteiger partial charge in [-0.05, 0) is 61.6 Å². The lowest BCUT2D eigenvalue weighted by atomic mass is 9.93. The van der Waals surface area contributed by atoms with E-state index in [2.05, 4.69) is 24.0 Å². The Morgan fingerprint density at radius 2 is 1.87 bits per heavy atom. The molecule has 1 aliphatic heterocycles. The fourth-order valence-electron chi connectivity index (χ4n) is 4.42. The molecule has 0 aliphatic carbocycles. The second-order valence-corrected chi connectivity index (χ2v) is 8.16. The number of fused-ring (bicyclic) bond motifs is 1. The predicted octanol–water partition coefficient (Wildman–Crippen LogP) is 5.14. The van der Waals surface area contributed by atoms with Crippen molar-refractivity contribution in [2.75, 3.05) is 13.2 Å². The van der Waals surface area contributed by atoms with Crippen LogP contribution >= 0.6 is 0 Å². The first-order valence-corrected chi connectivity index (χ1v) is 10.9. The number of aromatic hydroxyl groups is 1. The van der Waals surface area contributed by atoms with Crippen LogP contribution in [0.15, 0.2) is 36.4 Å². The van der Waals surface area contributed by atoms with E-state index in [0.717, 1.165) is 40.8 Å².